The zero-order valence-electron chi connectivity index (χ0n) is 12.6. The molecule has 0 atom stereocenters. The van der Waals surface area contributed by atoms with Gasteiger partial charge in [-0.1, -0.05) is 12.1 Å². The molecule has 1 amide bonds. The quantitative estimate of drug-likeness (QED) is 0.905. The highest BCUT2D eigenvalue weighted by atomic mass is 16.4. The minimum atomic E-state index is -0.738. The van der Waals surface area contributed by atoms with Crippen molar-refractivity contribution in [2.45, 2.75) is 31.7 Å². The lowest BCUT2D eigenvalue weighted by molar-refractivity contribution is -0.142. The first kappa shape index (κ1) is 15.3. The third-order valence-electron chi connectivity index (χ3n) is 4.28. The van der Waals surface area contributed by atoms with E-state index in [9.17, 15) is 9.59 Å². The van der Waals surface area contributed by atoms with Crippen LogP contribution in [0.2, 0.25) is 0 Å². The molecular formula is C17H18N2O4. The van der Waals surface area contributed by atoms with Gasteiger partial charge in [0.1, 0.15) is 0 Å². The van der Waals surface area contributed by atoms with Crippen molar-refractivity contribution in [2.75, 3.05) is 0 Å². The minimum Gasteiger partial charge on any atom is -0.481 e. The molecule has 2 aromatic rings. The summed E-state index contributed by atoms with van der Waals surface area (Å²) < 4.78 is 5.21. The van der Waals surface area contributed by atoms with Crippen molar-refractivity contribution in [3.8, 4) is 11.3 Å². The summed E-state index contributed by atoms with van der Waals surface area (Å²) in [6.07, 6.45) is 5.63. The van der Waals surface area contributed by atoms with Crippen molar-refractivity contribution in [2.24, 2.45) is 5.92 Å². The molecule has 0 saturated heterocycles. The fourth-order valence-electron chi connectivity index (χ4n) is 2.90. The molecule has 1 aliphatic rings. The molecule has 0 unspecified atom stereocenters. The molecular weight excluding hydrogens is 296 g/mol. The van der Waals surface area contributed by atoms with Crippen LogP contribution in [0.15, 0.2) is 41.3 Å². The van der Waals surface area contributed by atoms with Crippen molar-refractivity contribution in [1.82, 2.24) is 10.3 Å². The van der Waals surface area contributed by atoms with Crippen molar-refractivity contribution in [3.63, 3.8) is 0 Å². The number of nitrogens with one attached hydrogen (secondary N) is 1. The Morgan fingerprint density at radius 3 is 2.39 bits per heavy atom. The molecule has 6 heteroatoms. The van der Waals surface area contributed by atoms with E-state index in [0.29, 0.717) is 37.0 Å². The van der Waals surface area contributed by atoms with E-state index in [0.717, 1.165) is 5.56 Å². The zero-order valence-corrected chi connectivity index (χ0v) is 12.6. The predicted octanol–water partition coefficient (Wildman–Crippen LogP) is 2.71. The number of rotatable bonds is 4. The van der Waals surface area contributed by atoms with Gasteiger partial charge in [0.15, 0.2) is 12.2 Å². The van der Waals surface area contributed by atoms with Crippen molar-refractivity contribution in [1.29, 1.82) is 0 Å². The highest BCUT2D eigenvalue weighted by Crippen LogP contribution is 2.25. The second-order valence-corrected chi connectivity index (χ2v) is 5.80. The van der Waals surface area contributed by atoms with Crippen molar-refractivity contribution < 1.29 is 19.1 Å². The third kappa shape index (κ3) is 3.59. The maximum absolute atomic E-state index is 12.3. The molecule has 1 heterocycles. The first-order chi connectivity index (χ1) is 11.1. The number of hydrogen-bond donors (Lipinski definition) is 2. The Morgan fingerprint density at radius 1 is 1.13 bits per heavy atom. The smallest absolute Gasteiger partial charge is 0.306 e. The highest BCUT2D eigenvalue weighted by Gasteiger charge is 2.26. The topological polar surface area (TPSA) is 92.4 Å². The monoisotopic (exact) mass is 314 g/mol. The number of aromatic nitrogens is 1. The maximum atomic E-state index is 12.3. The lowest BCUT2D eigenvalue weighted by Crippen LogP contribution is -2.38. The number of oxazole rings is 1. The first-order valence-electron chi connectivity index (χ1n) is 7.66. The molecule has 2 N–H and O–H groups in total. The molecule has 1 aromatic carbocycles. The molecule has 6 nitrogen and oxygen atoms in total. The Kier molecular flexibility index (Phi) is 4.41. The van der Waals surface area contributed by atoms with E-state index < -0.39 is 5.97 Å². The summed E-state index contributed by atoms with van der Waals surface area (Å²) in [5.74, 6) is -0.487. The Morgan fingerprint density at radius 2 is 1.83 bits per heavy atom. The maximum Gasteiger partial charge on any atom is 0.306 e. The first-order valence-corrected chi connectivity index (χ1v) is 7.66. The standard InChI is InChI=1S/C17H18N2O4/c20-16(19-14-7-5-13(6-8-14)17(21)22)12-3-1-11(2-4-12)15-9-18-10-23-15/h1-4,9-10,13-14H,5-8H2,(H,19,20)(H,21,22). The van der Waals surface area contributed by atoms with E-state index >= 15 is 0 Å². The van der Waals surface area contributed by atoms with Crippen molar-refractivity contribution >= 4 is 11.9 Å². The van der Waals surface area contributed by atoms with Crippen LogP contribution in [0.1, 0.15) is 36.0 Å². The minimum absolute atomic E-state index is 0.0482. The Hall–Kier alpha value is -2.63. The molecule has 3 rings (SSSR count). The molecule has 0 spiro atoms. The van der Waals surface area contributed by atoms with Crippen LogP contribution in [-0.2, 0) is 4.79 Å². The van der Waals surface area contributed by atoms with Gasteiger partial charge >= 0.3 is 5.97 Å². The second-order valence-electron chi connectivity index (χ2n) is 5.80. The van der Waals surface area contributed by atoms with Crippen LogP contribution in [0, 0.1) is 5.92 Å². The molecule has 0 radical (unpaired) electrons. The van der Waals surface area contributed by atoms with Crippen LogP contribution < -0.4 is 5.32 Å². The van der Waals surface area contributed by atoms with Crippen LogP contribution in [-0.4, -0.2) is 28.0 Å². The van der Waals surface area contributed by atoms with Gasteiger partial charge in [-0.15, -0.1) is 0 Å². The molecule has 1 aromatic heterocycles. The highest BCUT2D eigenvalue weighted by molar-refractivity contribution is 5.94. The number of carbonyl (C=O) groups is 2. The number of nitrogens with zero attached hydrogens (tertiary/aromatic N) is 1. The molecule has 120 valence electrons. The van der Waals surface area contributed by atoms with Crippen LogP contribution in [0.5, 0.6) is 0 Å². The number of hydrogen-bond acceptors (Lipinski definition) is 4. The van der Waals surface area contributed by atoms with Crippen LogP contribution >= 0.6 is 0 Å². The predicted molar refractivity (Wildman–Crippen MR) is 82.8 cm³/mol. The molecule has 0 aliphatic heterocycles. The molecule has 1 fully saturated rings. The van der Waals surface area contributed by atoms with Gasteiger partial charge in [0.05, 0.1) is 12.1 Å². The average Bonchev–Trinajstić information content (AvgIpc) is 3.10. The van der Waals surface area contributed by atoms with Gasteiger partial charge in [-0.05, 0) is 37.8 Å². The Labute approximate surface area is 133 Å². The number of aliphatic carboxylic acids is 1. The van der Waals surface area contributed by atoms with Crippen molar-refractivity contribution in [3.05, 3.63) is 42.4 Å². The number of carboxylic acid groups (broad SMARTS) is 1. The fraction of sp³-hybridized carbons (Fsp3) is 0.353. The summed E-state index contributed by atoms with van der Waals surface area (Å²) in [6, 6.07) is 7.17. The Bertz CT molecular complexity index is 671. The van der Waals surface area contributed by atoms with E-state index in [-0.39, 0.29) is 17.9 Å². The Balaban J connectivity index is 1.57. The van der Waals surface area contributed by atoms with Gasteiger partial charge in [-0.2, -0.15) is 0 Å². The van der Waals surface area contributed by atoms with Crippen LogP contribution in [0.4, 0.5) is 0 Å². The van der Waals surface area contributed by atoms with E-state index in [1.54, 1.807) is 18.3 Å². The number of benzene rings is 1. The molecule has 1 saturated carbocycles. The van der Waals surface area contributed by atoms with Gasteiger partial charge < -0.3 is 14.8 Å². The van der Waals surface area contributed by atoms with E-state index in [2.05, 4.69) is 10.3 Å². The molecule has 0 bridgehead atoms. The molecule has 23 heavy (non-hydrogen) atoms. The molecule has 1 aliphatic carbocycles. The normalized spacial score (nSPS) is 20.9. The van der Waals surface area contributed by atoms with E-state index in [1.165, 1.54) is 6.39 Å². The average molecular weight is 314 g/mol. The van der Waals surface area contributed by atoms with Gasteiger partial charge in [0, 0.05) is 17.2 Å². The zero-order chi connectivity index (χ0) is 16.2. The van der Waals surface area contributed by atoms with Gasteiger partial charge in [0.2, 0.25) is 0 Å². The SMILES string of the molecule is O=C(NC1CCC(C(=O)O)CC1)c1ccc(-c2cnco2)cc1. The van der Waals surface area contributed by atoms with E-state index in [1.807, 2.05) is 12.1 Å². The summed E-state index contributed by atoms with van der Waals surface area (Å²) in [7, 11) is 0. The number of carboxylic acids is 1. The largest absolute Gasteiger partial charge is 0.481 e. The van der Waals surface area contributed by atoms with Crippen LogP contribution in [0.25, 0.3) is 11.3 Å². The lowest BCUT2D eigenvalue weighted by Gasteiger charge is -2.26. The van der Waals surface area contributed by atoms with E-state index in [4.69, 9.17) is 9.52 Å². The second kappa shape index (κ2) is 6.64. The number of carbonyl (C=O) groups excluding carboxylic acids is 1. The summed E-state index contributed by atoms with van der Waals surface area (Å²) in [5, 5.41) is 12.0. The van der Waals surface area contributed by atoms with Gasteiger partial charge in [-0.3, -0.25) is 9.59 Å². The van der Waals surface area contributed by atoms with Gasteiger partial charge in [-0.25, -0.2) is 4.98 Å². The lowest BCUT2D eigenvalue weighted by atomic mass is 9.86. The fourth-order valence-corrected chi connectivity index (χ4v) is 2.90. The van der Waals surface area contributed by atoms with Crippen LogP contribution in [0.3, 0.4) is 0 Å². The number of amides is 1. The summed E-state index contributed by atoms with van der Waals surface area (Å²) in [5.41, 5.74) is 1.44. The summed E-state index contributed by atoms with van der Waals surface area (Å²) in [4.78, 5) is 27.1. The summed E-state index contributed by atoms with van der Waals surface area (Å²) >= 11 is 0. The van der Waals surface area contributed by atoms with Gasteiger partial charge in [0.25, 0.3) is 5.91 Å². The third-order valence-corrected chi connectivity index (χ3v) is 4.28. The summed E-state index contributed by atoms with van der Waals surface area (Å²) in [6.45, 7) is 0.